The van der Waals surface area contributed by atoms with Gasteiger partial charge in [0, 0.05) is 19.2 Å². The molecule has 3 rings (SSSR count). The van der Waals surface area contributed by atoms with E-state index in [4.69, 9.17) is 9.90 Å². The maximum absolute atomic E-state index is 12.7. The minimum absolute atomic E-state index is 0.0912. The van der Waals surface area contributed by atoms with Crippen molar-refractivity contribution in [2.45, 2.75) is 69.4 Å². The fourth-order valence-electron chi connectivity index (χ4n) is 3.63. The molecule has 2 heterocycles. The van der Waals surface area contributed by atoms with Crippen LogP contribution in [0.3, 0.4) is 0 Å². The highest BCUT2D eigenvalue weighted by atomic mass is 32.1. The number of carbonyl (C=O) groups excluding carboxylic acids is 2. The van der Waals surface area contributed by atoms with E-state index in [1.54, 1.807) is 6.08 Å². The molecule has 1 aliphatic heterocycles. The predicted molar refractivity (Wildman–Crippen MR) is 121 cm³/mol. The van der Waals surface area contributed by atoms with E-state index in [0.717, 1.165) is 37.1 Å². The number of carboxylic acids is 1. The largest absolute Gasteiger partial charge is 0.490 e. The molecule has 1 saturated heterocycles. The Bertz CT molecular complexity index is 958. The molecule has 37 heavy (non-hydrogen) atoms. The fourth-order valence-corrected chi connectivity index (χ4v) is 4.31. The molecule has 1 saturated carbocycles. The molecule has 2 fully saturated rings. The lowest BCUT2D eigenvalue weighted by atomic mass is 9.84. The zero-order chi connectivity index (χ0) is 27.8. The Morgan fingerprint density at radius 2 is 1.73 bits per heavy atom. The normalized spacial score (nSPS) is 19.4. The van der Waals surface area contributed by atoms with Gasteiger partial charge in [0.2, 0.25) is 16.0 Å². The van der Waals surface area contributed by atoms with Gasteiger partial charge in [0.25, 0.3) is 5.91 Å². The van der Waals surface area contributed by atoms with Crippen molar-refractivity contribution < 1.29 is 45.8 Å². The van der Waals surface area contributed by atoms with Gasteiger partial charge in [-0.05, 0) is 25.3 Å². The van der Waals surface area contributed by atoms with Gasteiger partial charge in [0.05, 0.1) is 6.04 Å². The van der Waals surface area contributed by atoms with Gasteiger partial charge in [-0.1, -0.05) is 49.5 Å². The summed E-state index contributed by atoms with van der Waals surface area (Å²) in [7, 11) is 1.35. The van der Waals surface area contributed by atoms with Crippen molar-refractivity contribution >= 4 is 34.3 Å². The van der Waals surface area contributed by atoms with Crippen LogP contribution in [0.4, 0.5) is 31.5 Å². The number of rotatable bonds is 7. The van der Waals surface area contributed by atoms with Crippen LogP contribution >= 0.6 is 11.3 Å². The monoisotopic (exact) mass is 559 g/mol. The predicted octanol–water partition coefficient (Wildman–Crippen LogP) is 3.53. The molecular weight excluding hydrogens is 532 g/mol. The highest BCUT2D eigenvalue weighted by Crippen LogP contribution is 2.34. The van der Waals surface area contributed by atoms with Crippen LogP contribution in [0, 0.1) is 5.92 Å². The first-order valence-corrected chi connectivity index (χ1v) is 12.2. The van der Waals surface area contributed by atoms with Crippen molar-refractivity contribution in [2.24, 2.45) is 5.92 Å². The highest BCUT2D eigenvalue weighted by molar-refractivity contribution is 7.15. The first-order chi connectivity index (χ1) is 17.2. The Balaban J connectivity index is 0.000000604. The van der Waals surface area contributed by atoms with Gasteiger partial charge in [-0.2, -0.15) is 26.3 Å². The van der Waals surface area contributed by atoms with E-state index in [1.807, 2.05) is 0 Å². The summed E-state index contributed by atoms with van der Waals surface area (Å²) in [6.07, 6.45) is 0.517. The average Bonchev–Trinajstić information content (AvgIpc) is 3.27. The van der Waals surface area contributed by atoms with E-state index < -0.39 is 29.2 Å². The molecule has 16 heteroatoms. The number of nitrogens with zero attached hydrogens (tertiary/aromatic N) is 3. The molecule has 0 unspecified atom stereocenters. The molecular formula is C21H27F6N5O4S. The number of likely N-dealkylation sites (N-methyl/N-ethyl adjacent to an activating group) is 1. The average molecular weight is 560 g/mol. The van der Waals surface area contributed by atoms with Crippen LogP contribution in [-0.2, 0) is 20.6 Å². The van der Waals surface area contributed by atoms with Crippen LogP contribution in [-0.4, -0.2) is 64.9 Å². The van der Waals surface area contributed by atoms with E-state index in [9.17, 15) is 35.9 Å². The second-order valence-electron chi connectivity index (χ2n) is 8.60. The Morgan fingerprint density at radius 1 is 1.14 bits per heavy atom. The summed E-state index contributed by atoms with van der Waals surface area (Å²) in [5.74, 6) is -2.89. The molecule has 1 aromatic heterocycles. The molecule has 1 aromatic rings. The summed E-state index contributed by atoms with van der Waals surface area (Å²) in [6, 6.07) is -0.506. The highest BCUT2D eigenvalue weighted by Gasteiger charge is 2.38. The lowest BCUT2D eigenvalue weighted by Crippen LogP contribution is -2.55. The zero-order valence-corrected chi connectivity index (χ0v) is 20.5. The van der Waals surface area contributed by atoms with Gasteiger partial charge in [0.15, 0.2) is 0 Å². The number of anilines is 1. The third-order valence-electron chi connectivity index (χ3n) is 5.77. The number of nitrogens with one attached hydrogen (secondary N) is 2. The molecule has 1 aliphatic carbocycles. The molecule has 2 amide bonds. The fraction of sp³-hybridized carbons (Fsp3) is 0.667. The molecule has 9 nitrogen and oxygen atoms in total. The number of alkyl halides is 6. The van der Waals surface area contributed by atoms with Gasteiger partial charge < -0.3 is 15.7 Å². The maximum Gasteiger partial charge on any atom is 0.490 e. The standard InChI is InChI=1S/C19H26F3N5O2S.C2HF3O2/c1-27(18-26-25-17(30-18)19(20,21)22)15(28)8-7-13(11-12-5-3-2-4-6-12)24-16(29)14-9-10-23-14;3-2(4,5)1(6)7/h7-8,12-14,23H,2-6,9-11H2,1H3,(H,24,29);(H,6,7)/t13-,14+;/m1./s1. The minimum Gasteiger partial charge on any atom is -0.475 e. The van der Waals surface area contributed by atoms with E-state index in [-0.39, 0.29) is 23.1 Å². The quantitative estimate of drug-likeness (QED) is 0.345. The van der Waals surface area contributed by atoms with Crippen LogP contribution in [0.25, 0.3) is 0 Å². The van der Waals surface area contributed by atoms with Crippen molar-refractivity contribution in [1.29, 1.82) is 0 Å². The first-order valence-electron chi connectivity index (χ1n) is 11.4. The topological polar surface area (TPSA) is 125 Å². The summed E-state index contributed by atoms with van der Waals surface area (Å²) in [6.45, 7) is 0.812. The number of aliphatic carboxylic acids is 1. The van der Waals surface area contributed by atoms with Gasteiger partial charge >= 0.3 is 18.3 Å². The second kappa shape index (κ2) is 13.2. The maximum atomic E-state index is 12.7. The van der Waals surface area contributed by atoms with Crippen molar-refractivity contribution in [1.82, 2.24) is 20.8 Å². The van der Waals surface area contributed by atoms with Crippen LogP contribution in [0.2, 0.25) is 0 Å². The Labute approximate surface area is 212 Å². The van der Waals surface area contributed by atoms with Crippen LogP contribution < -0.4 is 15.5 Å². The number of hydrogen-bond donors (Lipinski definition) is 3. The lowest BCUT2D eigenvalue weighted by Gasteiger charge is -2.30. The SMILES string of the molecule is CN(C(=O)C=C[C@H](CC1CCCCC1)NC(=O)[C@@H]1CCN1)c1nnc(C(F)(F)F)s1.O=C(O)C(F)(F)F. The summed E-state index contributed by atoms with van der Waals surface area (Å²) in [5, 5.41) is 18.5. The smallest absolute Gasteiger partial charge is 0.475 e. The summed E-state index contributed by atoms with van der Waals surface area (Å²) in [5.41, 5.74) is 0. The lowest BCUT2D eigenvalue weighted by molar-refractivity contribution is -0.192. The van der Waals surface area contributed by atoms with E-state index in [1.165, 1.54) is 32.4 Å². The van der Waals surface area contributed by atoms with Crippen molar-refractivity contribution in [3.8, 4) is 0 Å². The van der Waals surface area contributed by atoms with Gasteiger partial charge in [-0.25, -0.2) is 4.79 Å². The molecule has 0 bridgehead atoms. The molecule has 0 radical (unpaired) electrons. The Hall–Kier alpha value is -2.75. The van der Waals surface area contributed by atoms with Crippen molar-refractivity contribution in [2.75, 3.05) is 18.5 Å². The Morgan fingerprint density at radius 3 is 2.19 bits per heavy atom. The molecule has 0 spiro atoms. The first kappa shape index (κ1) is 30.5. The number of carboxylic acid groups (broad SMARTS) is 1. The summed E-state index contributed by atoms with van der Waals surface area (Å²) < 4.78 is 69.9. The number of aromatic nitrogens is 2. The van der Waals surface area contributed by atoms with Crippen LogP contribution in [0.1, 0.15) is 50.0 Å². The van der Waals surface area contributed by atoms with E-state index >= 15 is 0 Å². The van der Waals surface area contributed by atoms with Crippen molar-refractivity contribution in [3.05, 3.63) is 17.2 Å². The minimum atomic E-state index is -5.08. The number of amides is 2. The van der Waals surface area contributed by atoms with Gasteiger partial charge in [-0.15, -0.1) is 10.2 Å². The third-order valence-corrected chi connectivity index (χ3v) is 6.81. The molecule has 0 aromatic carbocycles. The van der Waals surface area contributed by atoms with Gasteiger partial charge in [0.1, 0.15) is 0 Å². The number of hydrogen-bond acceptors (Lipinski definition) is 7. The zero-order valence-electron chi connectivity index (χ0n) is 19.7. The van der Waals surface area contributed by atoms with Crippen LogP contribution in [0.15, 0.2) is 12.2 Å². The molecule has 2 aliphatic rings. The van der Waals surface area contributed by atoms with Gasteiger partial charge in [-0.3, -0.25) is 14.5 Å². The van der Waals surface area contributed by atoms with E-state index in [0.29, 0.717) is 17.3 Å². The summed E-state index contributed by atoms with van der Waals surface area (Å²) >= 11 is 0.310. The summed E-state index contributed by atoms with van der Waals surface area (Å²) in [4.78, 5) is 34.7. The van der Waals surface area contributed by atoms with Crippen molar-refractivity contribution in [3.63, 3.8) is 0 Å². The molecule has 208 valence electrons. The number of halogens is 6. The molecule has 3 N–H and O–H groups in total. The third kappa shape index (κ3) is 9.91. The molecule has 2 atom stereocenters. The van der Waals surface area contributed by atoms with E-state index in [2.05, 4.69) is 20.8 Å². The number of carbonyl (C=O) groups is 3. The second-order valence-corrected chi connectivity index (χ2v) is 9.55. The Kier molecular flexibility index (Phi) is 10.8. The van der Waals surface area contributed by atoms with Crippen LogP contribution in [0.5, 0.6) is 0 Å².